The summed E-state index contributed by atoms with van der Waals surface area (Å²) in [7, 11) is 2.61. The predicted molar refractivity (Wildman–Crippen MR) is 173 cm³/mol. The maximum Gasteiger partial charge on any atom is 0.408 e. The van der Waals surface area contributed by atoms with Gasteiger partial charge < -0.3 is 29.6 Å². The Hall–Kier alpha value is -5.38. The Morgan fingerprint density at radius 2 is 1.67 bits per heavy atom. The molecule has 1 aromatic heterocycles. The number of nitrogens with zero attached hydrogens (tertiary/aromatic N) is 5. The van der Waals surface area contributed by atoms with E-state index in [1.807, 2.05) is 6.07 Å². The van der Waals surface area contributed by atoms with Crippen LogP contribution in [-0.2, 0) is 64.3 Å². The molecule has 262 valence electrons. The second-order valence-corrected chi connectivity index (χ2v) is 12.2. The number of aryl methyl sites for hydroxylation is 1. The number of tetrazole rings is 1. The molecule has 49 heavy (non-hydrogen) atoms. The number of hydrogen-bond acceptors (Lipinski definition) is 12. The lowest BCUT2D eigenvalue weighted by molar-refractivity contribution is -0.159. The molecule has 0 unspecified atom stereocenters. The van der Waals surface area contributed by atoms with Crippen molar-refractivity contribution in [3.05, 3.63) is 71.5 Å². The zero-order chi connectivity index (χ0) is 35.6. The van der Waals surface area contributed by atoms with Crippen LogP contribution in [0.15, 0.2) is 54.6 Å². The topological polar surface area (TPSA) is 193 Å². The summed E-state index contributed by atoms with van der Waals surface area (Å²) in [6.45, 7) is 5.06. The normalized spacial score (nSPS) is 15.0. The van der Waals surface area contributed by atoms with E-state index in [9.17, 15) is 24.0 Å². The van der Waals surface area contributed by atoms with E-state index >= 15 is 0 Å². The third kappa shape index (κ3) is 10.3. The maximum absolute atomic E-state index is 14.4. The molecular formula is C33H41N7O9. The van der Waals surface area contributed by atoms with Gasteiger partial charge in [0.2, 0.25) is 11.8 Å². The molecule has 16 nitrogen and oxygen atoms in total. The van der Waals surface area contributed by atoms with Crippen molar-refractivity contribution < 1.29 is 42.9 Å². The smallest absolute Gasteiger partial charge is 0.408 e. The van der Waals surface area contributed by atoms with Gasteiger partial charge >= 0.3 is 18.0 Å². The second-order valence-electron chi connectivity index (χ2n) is 12.2. The number of ether oxygens (including phenoxy) is 4. The van der Waals surface area contributed by atoms with Gasteiger partial charge in [0.05, 0.1) is 13.5 Å². The molecule has 3 amide bonds. The van der Waals surface area contributed by atoms with Crippen LogP contribution in [0.1, 0.15) is 50.6 Å². The van der Waals surface area contributed by atoms with Crippen LogP contribution >= 0.6 is 0 Å². The number of hydrogen-bond donors (Lipinski definition) is 2. The van der Waals surface area contributed by atoms with Gasteiger partial charge in [0.15, 0.2) is 12.6 Å². The number of methoxy groups -OCH3 is 2. The molecular weight excluding hydrogens is 638 g/mol. The number of nitrogens with one attached hydrogen (secondary N) is 2. The number of fused-ring (bicyclic) bond motifs is 1. The fourth-order valence-corrected chi connectivity index (χ4v) is 5.17. The summed E-state index contributed by atoms with van der Waals surface area (Å²) in [6.07, 6.45) is -1.08. The molecule has 4 rings (SSSR count). The number of amides is 3. The summed E-state index contributed by atoms with van der Waals surface area (Å²) in [5, 5.41) is 17.3. The number of aromatic nitrogens is 4. The third-order valence-corrected chi connectivity index (χ3v) is 7.31. The molecule has 3 aromatic rings. The standard InChI is InChI=1S/C33H41N7O9/c1-33(2,3)49-28(41)18-24(31(44)47-5)34-29(42)26-17-22-13-9-10-14-25(22)40(26)30(43)23(15-16-27-36-38-39(37-27)20-46-4)35-32(45)48-19-21-11-7-6-8-12-21/h6-14,23-24,26H,15-20H2,1-5H3,(H,34,42)(H,35,45)/t23-,24-,26-/m0/s1. The summed E-state index contributed by atoms with van der Waals surface area (Å²) in [6, 6.07) is 12.3. The molecule has 3 atom stereocenters. The quantitative estimate of drug-likeness (QED) is 0.186. The highest BCUT2D eigenvalue weighted by atomic mass is 16.6. The van der Waals surface area contributed by atoms with Gasteiger partial charge in [-0.15, -0.1) is 15.0 Å². The first-order valence-corrected chi connectivity index (χ1v) is 15.6. The van der Waals surface area contributed by atoms with E-state index in [4.69, 9.17) is 18.9 Å². The van der Waals surface area contributed by atoms with Gasteiger partial charge in [0.25, 0.3) is 0 Å². The van der Waals surface area contributed by atoms with Crippen molar-refractivity contribution in [2.45, 2.75) is 83.5 Å². The van der Waals surface area contributed by atoms with Gasteiger partial charge in [-0.2, -0.15) is 0 Å². The lowest BCUT2D eigenvalue weighted by atomic mass is 10.1. The van der Waals surface area contributed by atoms with Gasteiger partial charge in [0.1, 0.15) is 30.3 Å². The van der Waals surface area contributed by atoms with Crippen molar-refractivity contribution in [1.29, 1.82) is 0 Å². The van der Waals surface area contributed by atoms with Crippen molar-refractivity contribution in [1.82, 2.24) is 30.8 Å². The molecule has 2 aromatic carbocycles. The van der Waals surface area contributed by atoms with E-state index < -0.39 is 60.0 Å². The minimum atomic E-state index is -1.38. The molecule has 1 aliphatic heterocycles. The second kappa shape index (κ2) is 16.6. The van der Waals surface area contributed by atoms with Crippen molar-refractivity contribution in [2.75, 3.05) is 19.1 Å². The van der Waals surface area contributed by atoms with Crippen LogP contribution in [0.4, 0.5) is 10.5 Å². The van der Waals surface area contributed by atoms with Crippen LogP contribution in [0.5, 0.6) is 0 Å². The number of benzene rings is 2. The SMILES string of the molecule is COCn1nnc(CC[C@H](NC(=O)OCc2ccccc2)C(=O)N2c3ccccc3C[C@H]2C(=O)N[C@@H](CC(=O)OC(C)(C)C)C(=O)OC)n1. The zero-order valence-electron chi connectivity index (χ0n) is 28.1. The number of anilines is 1. The highest BCUT2D eigenvalue weighted by Gasteiger charge is 2.42. The van der Waals surface area contributed by atoms with Crippen LogP contribution < -0.4 is 15.5 Å². The number of rotatable bonds is 14. The van der Waals surface area contributed by atoms with E-state index in [0.717, 1.165) is 12.7 Å². The highest BCUT2D eigenvalue weighted by molar-refractivity contribution is 6.07. The largest absolute Gasteiger partial charge is 0.467 e. The van der Waals surface area contributed by atoms with Crippen LogP contribution in [0, 0.1) is 0 Å². The van der Waals surface area contributed by atoms with E-state index in [2.05, 4.69) is 26.0 Å². The van der Waals surface area contributed by atoms with E-state index in [1.165, 1.54) is 16.8 Å². The molecule has 0 bridgehead atoms. The molecule has 2 heterocycles. The molecule has 0 aliphatic carbocycles. The lowest BCUT2D eigenvalue weighted by Gasteiger charge is -2.30. The van der Waals surface area contributed by atoms with Crippen molar-refractivity contribution in [3.8, 4) is 0 Å². The fraction of sp³-hybridized carbons (Fsp3) is 0.455. The summed E-state index contributed by atoms with van der Waals surface area (Å²) in [5.41, 5.74) is 1.06. The van der Waals surface area contributed by atoms with Gasteiger partial charge in [-0.05, 0) is 49.6 Å². The molecule has 0 saturated heterocycles. The maximum atomic E-state index is 14.4. The van der Waals surface area contributed by atoms with Crippen LogP contribution in [-0.4, -0.2) is 88.0 Å². The average molecular weight is 680 g/mol. The monoisotopic (exact) mass is 679 g/mol. The first-order valence-electron chi connectivity index (χ1n) is 15.6. The van der Waals surface area contributed by atoms with Crippen molar-refractivity contribution >= 4 is 35.5 Å². The highest BCUT2D eigenvalue weighted by Crippen LogP contribution is 2.33. The number of para-hydroxylation sites is 1. The van der Waals surface area contributed by atoms with Gasteiger partial charge in [-0.1, -0.05) is 48.5 Å². The Kier molecular flexibility index (Phi) is 12.4. The summed E-state index contributed by atoms with van der Waals surface area (Å²) < 4.78 is 20.6. The van der Waals surface area contributed by atoms with Crippen LogP contribution in [0.3, 0.4) is 0 Å². The van der Waals surface area contributed by atoms with Crippen LogP contribution in [0.2, 0.25) is 0 Å². The average Bonchev–Trinajstić information content (AvgIpc) is 3.69. The Morgan fingerprint density at radius 1 is 0.959 bits per heavy atom. The number of alkyl carbamates (subject to hydrolysis) is 1. The van der Waals surface area contributed by atoms with Crippen molar-refractivity contribution in [3.63, 3.8) is 0 Å². The Labute approximate surface area is 283 Å². The molecule has 16 heteroatoms. The third-order valence-electron chi connectivity index (χ3n) is 7.31. The Morgan fingerprint density at radius 3 is 2.37 bits per heavy atom. The molecule has 1 aliphatic rings. The minimum Gasteiger partial charge on any atom is -0.467 e. The number of carbonyl (C=O) groups is 5. The predicted octanol–water partition coefficient (Wildman–Crippen LogP) is 1.85. The van der Waals surface area contributed by atoms with Gasteiger partial charge in [-0.3, -0.25) is 19.3 Å². The molecule has 0 saturated carbocycles. The molecule has 0 radical (unpaired) electrons. The summed E-state index contributed by atoms with van der Waals surface area (Å²) in [5.74, 6) is -2.61. The summed E-state index contributed by atoms with van der Waals surface area (Å²) >= 11 is 0. The molecule has 2 N–H and O–H groups in total. The molecule has 0 spiro atoms. The number of carbonyl (C=O) groups excluding carboxylic acids is 5. The van der Waals surface area contributed by atoms with Crippen LogP contribution in [0.25, 0.3) is 0 Å². The molecule has 0 fully saturated rings. The van der Waals surface area contributed by atoms with Gasteiger partial charge in [-0.25, -0.2) is 9.59 Å². The van der Waals surface area contributed by atoms with E-state index in [0.29, 0.717) is 17.1 Å². The number of esters is 2. The summed E-state index contributed by atoms with van der Waals surface area (Å²) in [4.78, 5) is 69.0. The fourth-order valence-electron chi connectivity index (χ4n) is 5.17. The first-order chi connectivity index (χ1) is 23.4. The van der Waals surface area contributed by atoms with E-state index in [1.54, 1.807) is 69.3 Å². The van der Waals surface area contributed by atoms with E-state index in [-0.39, 0.29) is 32.6 Å². The van der Waals surface area contributed by atoms with Gasteiger partial charge in [0, 0.05) is 25.6 Å². The Balaban J connectivity index is 1.58. The minimum absolute atomic E-state index is 0.0222. The van der Waals surface area contributed by atoms with Crippen molar-refractivity contribution in [2.24, 2.45) is 0 Å². The lowest BCUT2D eigenvalue weighted by Crippen LogP contribution is -2.57. The Bertz CT molecular complexity index is 1620. The first kappa shape index (κ1) is 36.5. The zero-order valence-corrected chi connectivity index (χ0v) is 28.1.